The van der Waals surface area contributed by atoms with Crippen LogP contribution in [-0.2, 0) is 11.2 Å². The molecule has 0 aliphatic rings. The zero-order valence-corrected chi connectivity index (χ0v) is 16.8. The number of pyridine rings is 1. The lowest BCUT2D eigenvalue weighted by molar-refractivity contribution is -0.106. The predicted octanol–water partition coefficient (Wildman–Crippen LogP) is 3.96. The van der Waals surface area contributed by atoms with Gasteiger partial charge in [0, 0.05) is 25.9 Å². The largest absolute Gasteiger partial charge is 0.369 e. The number of aromatic nitrogens is 2. The number of imidazole rings is 1. The maximum absolute atomic E-state index is 9.65. The fourth-order valence-corrected chi connectivity index (χ4v) is 2.73. The van der Waals surface area contributed by atoms with E-state index in [1.165, 1.54) is 22.4 Å². The average molecular weight is 364 g/mol. The van der Waals surface area contributed by atoms with Crippen LogP contribution < -0.4 is 0 Å². The van der Waals surface area contributed by atoms with E-state index in [2.05, 4.69) is 72.8 Å². The summed E-state index contributed by atoms with van der Waals surface area (Å²) in [6.45, 7) is 6.67. The molecule has 0 saturated heterocycles. The molecule has 0 spiro atoms. The number of hydrogen-bond donors (Lipinski definition) is 0. The van der Waals surface area contributed by atoms with Crippen LogP contribution in [-0.4, -0.2) is 47.5 Å². The van der Waals surface area contributed by atoms with E-state index in [1.807, 2.05) is 14.1 Å². The van der Waals surface area contributed by atoms with Gasteiger partial charge in [-0.2, -0.15) is 0 Å². The molecule has 0 fully saturated rings. The molecule has 0 aliphatic heterocycles. The highest BCUT2D eigenvalue weighted by Gasteiger charge is 2.12. The van der Waals surface area contributed by atoms with Crippen molar-refractivity contribution < 1.29 is 4.79 Å². The fourth-order valence-electron chi connectivity index (χ4n) is 2.73. The van der Waals surface area contributed by atoms with Crippen LogP contribution in [0.5, 0.6) is 0 Å². The molecule has 27 heavy (non-hydrogen) atoms. The molecule has 0 unspecified atom stereocenters. The second kappa shape index (κ2) is 9.67. The quantitative estimate of drug-likeness (QED) is 0.391. The molecule has 0 saturated carbocycles. The zero-order chi connectivity index (χ0) is 19.8. The van der Waals surface area contributed by atoms with Crippen LogP contribution in [0.2, 0.25) is 0 Å². The Bertz CT molecular complexity index is 908. The number of fused-ring (bicyclic) bond motifs is 1. The molecular weight excluding hydrogens is 336 g/mol. The number of nitrogens with zero attached hydrogens (tertiary/aromatic N) is 4. The number of aryl methyl sites for hydroxylation is 3. The Labute approximate surface area is 161 Å². The summed E-state index contributed by atoms with van der Waals surface area (Å²) >= 11 is 0. The van der Waals surface area contributed by atoms with Crippen molar-refractivity contribution in [2.24, 2.45) is 4.99 Å². The standard InChI is InChI=1S/C17H18N2.C5H10N2O/c1-4-15-17(14-8-5-12(2)6-9-14)18-16-10-7-13(3)11-19(15)16;1-7(2)5-6-3-4-8/h5-11H,4H2,1-3H3;4-5H,3H2,1-2H3. The van der Waals surface area contributed by atoms with E-state index in [-0.39, 0.29) is 6.54 Å². The van der Waals surface area contributed by atoms with Crippen LogP contribution in [0.3, 0.4) is 0 Å². The molecule has 3 rings (SSSR count). The van der Waals surface area contributed by atoms with Crippen LogP contribution in [0.25, 0.3) is 16.9 Å². The van der Waals surface area contributed by atoms with Crippen molar-refractivity contribution in [2.45, 2.75) is 27.2 Å². The minimum Gasteiger partial charge on any atom is -0.369 e. The van der Waals surface area contributed by atoms with Crippen LogP contribution >= 0.6 is 0 Å². The van der Waals surface area contributed by atoms with E-state index in [0.717, 1.165) is 24.0 Å². The molecule has 0 atom stereocenters. The van der Waals surface area contributed by atoms with E-state index in [4.69, 9.17) is 4.98 Å². The third-order valence-electron chi connectivity index (χ3n) is 4.02. The molecule has 2 heterocycles. The van der Waals surface area contributed by atoms with Crippen molar-refractivity contribution in [3.8, 4) is 11.3 Å². The molecule has 142 valence electrons. The van der Waals surface area contributed by atoms with E-state index in [1.54, 1.807) is 11.2 Å². The maximum Gasteiger partial charge on any atom is 0.141 e. The van der Waals surface area contributed by atoms with Crippen LogP contribution in [0.15, 0.2) is 47.6 Å². The van der Waals surface area contributed by atoms with Gasteiger partial charge in [0.2, 0.25) is 0 Å². The Morgan fingerprint density at radius 3 is 2.33 bits per heavy atom. The van der Waals surface area contributed by atoms with E-state index < -0.39 is 0 Å². The van der Waals surface area contributed by atoms with Crippen molar-refractivity contribution in [1.29, 1.82) is 0 Å². The maximum atomic E-state index is 9.65. The lowest BCUT2D eigenvalue weighted by Gasteiger charge is -2.03. The molecule has 0 bridgehead atoms. The van der Waals surface area contributed by atoms with Gasteiger partial charge in [0.15, 0.2) is 0 Å². The molecule has 3 aromatic rings. The Morgan fingerprint density at radius 1 is 1.07 bits per heavy atom. The number of carbonyl (C=O) groups excluding carboxylic acids is 1. The topological polar surface area (TPSA) is 50.0 Å². The fraction of sp³-hybridized carbons (Fsp3) is 0.318. The first-order chi connectivity index (χ1) is 13.0. The Balaban J connectivity index is 0.000000279. The predicted molar refractivity (Wildman–Crippen MR) is 113 cm³/mol. The summed E-state index contributed by atoms with van der Waals surface area (Å²) in [5.74, 6) is 0. The highest BCUT2D eigenvalue weighted by atomic mass is 16.1. The van der Waals surface area contributed by atoms with Crippen molar-refractivity contribution in [3.05, 3.63) is 59.4 Å². The highest BCUT2D eigenvalue weighted by Crippen LogP contribution is 2.25. The summed E-state index contributed by atoms with van der Waals surface area (Å²) in [6, 6.07) is 12.8. The first kappa shape index (κ1) is 20.4. The summed E-state index contributed by atoms with van der Waals surface area (Å²) in [5, 5.41) is 0. The molecule has 2 aromatic heterocycles. The van der Waals surface area contributed by atoms with Gasteiger partial charge < -0.3 is 14.1 Å². The Kier molecular flexibility index (Phi) is 7.29. The second-order valence-corrected chi connectivity index (χ2v) is 6.67. The van der Waals surface area contributed by atoms with Crippen LogP contribution in [0.1, 0.15) is 23.7 Å². The summed E-state index contributed by atoms with van der Waals surface area (Å²) in [7, 11) is 3.71. The molecule has 5 nitrogen and oxygen atoms in total. The van der Waals surface area contributed by atoms with Crippen molar-refractivity contribution >= 4 is 18.3 Å². The summed E-state index contributed by atoms with van der Waals surface area (Å²) in [5.41, 5.74) is 7.15. The van der Waals surface area contributed by atoms with Gasteiger partial charge in [0.1, 0.15) is 11.9 Å². The molecule has 5 heteroatoms. The first-order valence-electron chi connectivity index (χ1n) is 9.11. The van der Waals surface area contributed by atoms with Crippen LogP contribution in [0.4, 0.5) is 0 Å². The zero-order valence-electron chi connectivity index (χ0n) is 16.8. The number of aldehydes is 1. The van der Waals surface area contributed by atoms with Gasteiger partial charge in [0.05, 0.1) is 24.3 Å². The Morgan fingerprint density at radius 2 is 1.74 bits per heavy atom. The van der Waals surface area contributed by atoms with Crippen molar-refractivity contribution in [1.82, 2.24) is 14.3 Å². The van der Waals surface area contributed by atoms with Crippen molar-refractivity contribution in [2.75, 3.05) is 20.6 Å². The monoisotopic (exact) mass is 364 g/mol. The minimum atomic E-state index is 0.262. The molecule has 0 N–H and O–H groups in total. The average Bonchev–Trinajstić information content (AvgIpc) is 3.00. The van der Waals surface area contributed by atoms with Gasteiger partial charge in [-0.1, -0.05) is 42.8 Å². The van der Waals surface area contributed by atoms with Crippen molar-refractivity contribution in [3.63, 3.8) is 0 Å². The van der Waals surface area contributed by atoms with Gasteiger partial charge >= 0.3 is 0 Å². The van der Waals surface area contributed by atoms with E-state index in [0.29, 0.717) is 0 Å². The Hall–Kier alpha value is -2.95. The molecule has 0 radical (unpaired) electrons. The van der Waals surface area contributed by atoms with E-state index in [9.17, 15) is 4.79 Å². The number of rotatable bonds is 5. The van der Waals surface area contributed by atoms with Gasteiger partial charge in [-0.15, -0.1) is 0 Å². The van der Waals surface area contributed by atoms with Crippen LogP contribution in [0, 0.1) is 13.8 Å². The molecule has 0 amide bonds. The minimum absolute atomic E-state index is 0.262. The number of carbonyl (C=O) groups is 1. The third-order valence-corrected chi connectivity index (χ3v) is 4.02. The van der Waals surface area contributed by atoms with Gasteiger partial charge in [-0.3, -0.25) is 4.99 Å². The normalized spacial score (nSPS) is 10.7. The number of hydrogen-bond acceptors (Lipinski definition) is 3. The summed E-state index contributed by atoms with van der Waals surface area (Å²) in [4.78, 5) is 19.9. The van der Waals surface area contributed by atoms with Gasteiger partial charge in [0.25, 0.3) is 0 Å². The first-order valence-corrected chi connectivity index (χ1v) is 9.11. The number of benzene rings is 1. The third kappa shape index (κ3) is 5.51. The smallest absolute Gasteiger partial charge is 0.141 e. The summed E-state index contributed by atoms with van der Waals surface area (Å²) in [6.07, 6.45) is 5.51. The number of aliphatic imine (C=N–C) groups is 1. The molecule has 0 aliphatic carbocycles. The molecular formula is C22H28N4O. The SMILES string of the molecule is CCc1c(-c2ccc(C)cc2)nc2ccc(C)cn12.CN(C)C=NCC=O. The van der Waals surface area contributed by atoms with Gasteiger partial charge in [-0.25, -0.2) is 4.98 Å². The lowest BCUT2D eigenvalue weighted by atomic mass is 10.1. The second-order valence-electron chi connectivity index (χ2n) is 6.67. The molecule has 1 aromatic carbocycles. The van der Waals surface area contributed by atoms with E-state index >= 15 is 0 Å². The summed E-state index contributed by atoms with van der Waals surface area (Å²) < 4.78 is 2.21. The highest BCUT2D eigenvalue weighted by molar-refractivity contribution is 5.67. The lowest BCUT2D eigenvalue weighted by Crippen LogP contribution is -2.07. The van der Waals surface area contributed by atoms with Gasteiger partial charge in [-0.05, 0) is 31.9 Å².